The van der Waals surface area contributed by atoms with Crippen LogP contribution in [0.4, 0.5) is 5.00 Å². The van der Waals surface area contributed by atoms with Crippen molar-refractivity contribution in [1.29, 1.82) is 0 Å². The molecule has 1 aliphatic rings. The highest BCUT2D eigenvalue weighted by Gasteiger charge is 2.31. The Morgan fingerprint density at radius 1 is 1.20 bits per heavy atom. The van der Waals surface area contributed by atoms with Gasteiger partial charge in [0.2, 0.25) is 0 Å². The van der Waals surface area contributed by atoms with Gasteiger partial charge >= 0.3 is 0 Å². The molecule has 4 rings (SSSR count). The van der Waals surface area contributed by atoms with E-state index in [0.29, 0.717) is 36.8 Å². The van der Waals surface area contributed by atoms with Gasteiger partial charge in [0, 0.05) is 47.8 Å². The molecule has 35 heavy (non-hydrogen) atoms. The first kappa shape index (κ1) is 25.4. The molecule has 8 heteroatoms. The fourth-order valence-corrected chi connectivity index (χ4v) is 5.55. The average molecular weight is 512 g/mol. The number of thiophene rings is 1. The summed E-state index contributed by atoms with van der Waals surface area (Å²) in [7, 11) is 1.97. The summed E-state index contributed by atoms with van der Waals surface area (Å²) in [5.74, 6) is -0.299. The second kappa shape index (κ2) is 11.4. The molecule has 2 heterocycles. The Labute approximate surface area is 215 Å². The number of likely N-dealkylation sites (N-methyl/N-ethyl adjacent to an activating group) is 1. The molecule has 0 spiro atoms. The Morgan fingerprint density at radius 3 is 2.60 bits per heavy atom. The predicted molar refractivity (Wildman–Crippen MR) is 141 cm³/mol. The number of carbonyl (C=O) groups excluding carboxylic acids is 1. The first-order chi connectivity index (χ1) is 16.9. The van der Waals surface area contributed by atoms with E-state index in [1.165, 1.54) is 0 Å². The Balaban J connectivity index is 1.42. The van der Waals surface area contributed by atoms with Crippen molar-refractivity contribution in [1.82, 2.24) is 10.2 Å². The number of anilines is 1. The molecule has 2 unspecified atom stereocenters. The van der Waals surface area contributed by atoms with Crippen molar-refractivity contribution in [3.63, 3.8) is 0 Å². The van der Waals surface area contributed by atoms with E-state index in [1.807, 2.05) is 67.4 Å². The van der Waals surface area contributed by atoms with E-state index < -0.39 is 12.2 Å². The van der Waals surface area contributed by atoms with Gasteiger partial charge in [0.25, 0.3) is 5.91 Å². The minimum absolute atomic E-state index is 0.299. The highest BCUT2D eigenvalue weighted by molar-refractivity contribution is 7.16. The highest BCUT2D eigenvalue weighted by Crippen LogP contribution is 2.42. The molecule has 0 fully saturated rings. The summed E-state index contributed by atoms with van der Waals surface area (Å²) in [6.07, 6.45) is 0.169. The van der Waals surface area contributed by atoms with E-state index in [-0.39, 0.29) is 5.91 Å². The monoisotopic (exact) mass is 511 g/mol. The number of benzene rings is 2. The van der Waals surface area contributed by atoms with Gasteiger partial charge in [0.05, 0.1) is 11.7 Å². The summed E-state index contributed by atoms with van der Waals surface area (Å²) in [6.45, 7) is 4.16. The molecule has 184 valence electrons. The van der Waals surface area contributed by atoms with Crippen molar-refractivity contribution < 1.29 is 15.0 Å². The summed E-state index contributed by atoms with van der Waals surface area (Å²) >= 11 is 7.53. The summed E-state index contributed by atoms with van der Waals surface area (Å²) < 4.78 is 0. The Hall–Kier alpha value is -2.68. The van der Waals surface area contributed by atoms with Gasteiger partial charge in [-0.3, -0.25) is 9.69 Å². The molecular formula is C27H30ClN3O3S. The predicted octanol–water partition coefficient (Wildman–Crippen LogP) is 4.64. The van der Waals surface area contributed by atoms with Crippen LogP contribution in [-0.2, 0) is 17.9 Å². The standard InChI is InChI=1S/C27H30ClN3O3S/c1-3-31-16-23(26(34)29-14-18-9-11-20(28)12-10-18)25(33)22-13-21(35-27(22)31)15-30(2)17-24(32)19-7-5-4-6-8-19/h4-13,16,24-25,32-33H,3,14-15,17H2,1-2H3,(H,29,34). The molecule has 0 saturated heterocycles. The van der Waals surface area contributed by atoms with Crippen LogP contribution in [-0.4, -0.2) is 41.2 Å². The number of amides is 1. The number of carbonyl (C=O) groups is 1. The number of nitrogens with zero attached hydrogens (tertiary/aromatic N) is 2. The van der Waals surface area contributed by atoms with Crippen molar-refractivity contribution >= 4 is 33.8 Å². The van der Waals surface area contributed by atoms with Gasteiger partial charge in [-0.1, -0.05) is 54.1 Å². The van der Waals surface area contributed by atoms with E-state index in [4.69, 9.17) is 11.6 Å². The van der Waals surface area contributed by atoms with Gasteiger partial charge in [-0.25, -0.2) is 0 Å². The maximum absolute atomic E-state index is 12.9. The molecule has 3 N–H and O–H groups in total. The van der Waals surface area contributed by atoms with E-state index >= 15 is 0 Å². The van der Waals surface area contributed by atoms with Gasteiger partial charge in [-0.15, -0.1) is 11.3 Å². The van der Waals surface area contributed by atoms with E-state index in [0.717, 1.165) is 26.6 Å². The largest absolute Gasteiger partial charge is 0.387 e. The summed E-state index contributed by atoms with van der Waals surface area (Å²) in [6, 6.07) is 18.9. The Kier molecular flexibility index (Phi) is 8.26. The van der Waals surface area contributed by atoms with Crippen LogP contribution in [0.5, 0.6) is 0 Å². The van der Waals surface area contributed by atoms with Crippen LogP contribution in [0.25, 0.3) is 0 Å². The van der Waals surface area contributed by atoms with Crippen LogP contribution < -0.4 is 10.2 Å². The van der Waals surface area contributed by atoms with Gasteiger partial charge in [0.1, 0.15) is 11.1 Å². The van der Waals surface area contributed by atoms with Crippen LogP contribution >= 0.6 is 22.9 Å². The lowest BCUT2D eigenvalue weighted by atomic mass is 9.99. The maximum atomic E-state index is 12.9. The number of aliphatic hydroxyl groups is 2. The minimum atomic E-state index is -0.997. The number of hydrogen-bond donors (Lipinski definition) is 3. The zero-order valence-corrected chi connectivity index (χ0v) is 21.4. The quantitative estimate of drug-likeness (QED) is 0.390. The van der Waals surface area contributed by atoms with Crippen molar-refractivity contribution in [2.75, 3.05) is 25.0 Å². The fourth-order valence-electron chi connectivity index (χ4n) is 4.12. The third-order valence-electron chi connectivity index (χ3n) is 6.00. The van der Waals surface area contributed by atoms with Gasteiger partial charge in [0.15, 0.2) is 0 Å². The molecule has 1 aliphatic heterocycles. The molecule has 6 nitrogen and oxygen atoms in total. The SMILES string of the molecule is CCN1C=C(C(=O)NCc2ccc(Cl)cc2)C(O)c2cc(CN(C)CC(O)c3ccccc3)sc21. The number of aliphatic hydroxyl groups excluding tert-OH is 2. The zero-order chi connectivity index (χ0) is 24.9. The van der Waals surface area contributed by atoms with Crippen LogP contribution in [0, 0.1) is 0 Å². The van der Waals surface area contributed by atoms with Gasteiger partial charge in [-0.05, 0) is 43.3 Å². The molecule has 1 aromatic heterocycles. The fraction of sp³-hybridized carbons (Fsp3) is 0.296. The molecular weight excluding hydrogens is 482 g/mol. The Bertz CT molecular complexity index is 1180. The second-order valence-corrected chi connectivity index (χ2v) is 10.2. The van der Waals surface area contributed by atoms with E-state index in [2.05, 4.69) is 10.2 Å². The Morgan fingerprint density at radius 2 is 1.91 bits per heavy atom. The molecule has 0 saturated carbocycles. The lowest BCUT2D eigenvalue weighted by molar-refractivity contribution is -0.118. The molecule has 3 aromatic rings. The number of halogens is 1. The number of nitrogens with one attached hydrogen (secondary N) is 1. The van der Waals surface area contributed by atoms with Crippen molar-refractivity contribution in [3.05, 3.63) is 99.0 Å². The van der Waals surface area contributed by atoms with Crippen molar-refractivity contribution in [3.8, 4) is 0 Å². The summed E-state index contributed by atoms with van der Waals surface area (Å²) in [5, 5.41) is 26.1. The van der Waals surface area contributed by atoms with Gasteiger partial charge in [-0.2, -0.15) is 0 Å². The van der Waals surface area contributed by atoms with Crippen LogP contribution in [0.2, 0.25) is 5.02 Å². The number of fused-ring (bicyclic) bond motifs is 1. The third kappa shape index (κ3) is 6.12. The second-order valence-electron chi connectivity index (χ2n) is 8.68. The molecule has 0 bridgehead atoms. The lowest BCUT2D eigenvalue weighted by Crippen LogP contribution is -2.32. The summed E-state index contributed by atoms with van der Waals surface area (Å²) in [4.78, 5) is 18.1. The summed E-state index contributed by atoms with van der Waals surface area (Å²) in [5.41, 5.74) is 2.88. The lowest BCUT2D eigenvalue weighted by Gasteiger charge is -2.28. The zero-order valence-electron chi connectivity index (χ0n) is 19.8. The third-order valence-corrected chi connectivity index (χ3v) is 7.42. The van der Waals surface area contributed by atoms with Gasteiger partial charge < -0.3 is 20.4 Å². The van der Waals surface area contributed by atoms with Crippen LogP contribution in [0.3, 0.4) is 0 Å². The molecule has 1 amide bonds. The van der Waals surface area contributed by atoms with E-state index in [1.54, 1.807) is 29.7 Å². The number of hydrogen-bond acceptors (Lipinski definition) is 6. The van der Waals surface area contributed by atoms with Crippen LogP contribution in [0.1, 0.15) is 40.7 Å². The minimum Gasteiger partial charge on any atom is -0.387 e. The topological polar surface area (TPSA) is 76.0 Å². The number of rotatable bonds is 9. The smallest absolute Gasteiger partial charge is 0.251 e. The van der Waals surface area contributed by atoms with E-state index in [9.17, 15) is 15.0 Å². The molecule has 2 aromatic carbocycles. The van der Waals surface area contributed by atoms with Crippen molar-refractivity contribution in [2.45, 2.75) is 32.2 Å². The molecule has 0 aliphatic carbocycles. The molecule has 2 atom stereocenters. The molecule has 0 radical (unpaired) electrons. The maximum Gasteiger partial charge on any atom is 0.251 e. The average Bonchev–Trinajstić information content (AvgIpc) is 3.28. The van der Waals surface area contributed by atoms with Crippen LogP contribution in [0.15, 0.2) is 72.4 Å². The van der Waals surface area contributed by atoms with Crippen molar-refractivity contribution in [2.24, 2.45) is 0 Å². The normalized spacial score (nSPS) is 16.1. The first-order valence-electron chi connectivity index (χ1n) is 11.6. The highest BCUT2D eigenvalue weighted by atomic mass is 35.5. The first-order valence-corrected chi connectivity index (χ1v) is 12.8.